The smallest absolute Gasteiger partial charge is 0.0767 e. The second kappa shape index (κ2) is 5.86. The summed E-state index contributed by atoms with van der Waals surface area (Å²) in [4.78, 5) is 4.48. The Labute approximate surface area is 139 Å². The van der Waals surface area contributed by atoms with Crippen LogP contribution in [0.25, 0.3) is 22.0 Å². The highest BCUT2D eigenvalue weighted by Crippen LogP contribution is 2.26. The summed E-state index contributed by atoms with van der Waals surface area (Å²) in [6, 6.07) is 18.1. The Morgan fingerprint density at radius 1 is 0.913 bits per heavy atom. The molecule has 0 saturated heterocycles. The van der Waals surface area contributed by atoms with Crippen molar-refractivity contribution in [3.63, 3.8) is 0 Å². The standard InChI is InChI=1S/C19H14ClN3/c20-18-9-8-15-7-4-10-21-19(15)17(18)13-23-12-16(11-22-23)14-5-2-1-3-6-14/h1-12H,13H2. The number of hydrogen-bond acceptors (Lipinski definition) is 2. The van der Waals surface area contributed by atoms with Gasteiger partial charge in [-0.05, 0) is 17.7 Å². The van der Waals surface area contributed by atoms with Crippen LogP contribution in [0.5, 0.6) is 0 Å². The van der Waals surface area contributed by atoms with Gasteiger partial charge in [0.15, 0.2) is 0 Å². The minimum atomic E-state index is 0.597. The van der Waals surface area contributed by atoms with Crippen LogP contribution in [0.4, 0.5) is 0 Å². The molecule has 0 fully saturated rings. The fraction of sp³-hybridized carbons (Fsp3) is 0.0526. The number of nitrogens with zero attached hydrogens (tertiary/aromatic N) is 3. The predicted molar refractivity (Wildman–Crippen MR) is 93.5 cm³/mol. The maximum Gasteiger partial charge on any atom is 0.0767 e. The molecule has 2 aromatic heterocycles. The monoisotopic (exact) mass is 319 g/mol. The minimum Gasteiger partial charge on any atom is -0.268 e. The molecule has 0 spiro atoms. The Balaban J connectivity index is 1.72. The van der Waals surface area contributed by atoms with Gasteiger partial charge >= 0.3 is 0 Å². The number of pyridine rings is 1. The van der Waals surface area contributed by atoms with Crippen LogP contribution >= 0.6 is 11.6 Å². The van der Waals surface area contributed by atoms with Crippen LogP contribution in [0, 0.1) is 0 Å². The van der Waals surface area contributed by atoms with E-state index in [1.807, 2.05) is 59.5 Å². The van der Waals surface area contributed by atoms with Crippen molar-refractivity contribution >= 4 is 22.5 Å². The van der Waals surface area contributed by atoms with Gasteiger partial charge in [0.05, 0.1) is 18.3 Å². The zero-order chi connectivity index (χ0) is 15.6. The molecule has 2 aromatic carbocycles. The van der Waals surface area contributed by atoms with Crippen molar-refractivity contribution in [3.8, 4) is 11.1 Å². The zero-order valence-electron chi connectivity index (χ0n) is 12.4. The lowest BCUT2D eigenvalue weighted by atomic mass is 10.1. The van der Waals surface area contributed by atoms with Crippen LogP contribution < -0.4 is 0 Å². The normalized spacial score (nSPS) is 11.0. The van der Waals surface area contributed by atoms with Gasteiger partial charge in [-0.25, -0.2) is 0 Å². The van der Waals surface area contributed by atoms with Gasteiger partial charge in [-0.1, -0.05) is 54.1 Å². The summed E-state index contributed by atoms with van der Waals surface area (Å²) in [6.45, 7) is 0.597. The molecule has 0 saturated carbocycles. The quantitative estimate of drug-likeness (QED) is 0.543. The molecule has 0 N–H and O–H groups in total. The van der Waals surface area contributed by atoms with Crippen molar-refractivity contribution in [2.75, 3.05) is 0 Å². The second-order valence-electron chi connectivity index (χ2n) is 5.39. The van der Waals surface area contributed by atoms with Gasteiger partial charge < -0.3 is 0 Å². The molecule has 0 aliphatic carbocycles. The first-order valence-electron chi connectivity index (χ1n) is 7.41. The minimum absolute atomic E-state index is 0.597. The van der Waals surface area contributed by atoms with Crippen LogP contribution in [0.3, 0.4) is 0 Å². The first kappa shape index (κ1) is 14.0. The van der Waals surface area contributed by atoms with E-state index in [2.05, 4.69) is 22.2 Å². The number of rotatable bonds is 3. The third-order valence-corrected chi connectivity index (χ3v) is 4.24. The first-order valence-corrected chi connectivity index (χ1v) is 7.79. The lowest BCUT2D eigenvalue weighted by molar-refractivity contribution is 0.689. The van der Waals surface area contributed by atoms with E-state index in [-0.39, 0.29) is 0 Å². The molecule has 0 unspecified atom stereocenters. The van der Waals surface area contributed by atoms with Gasteiger partial charge in [-0.15, -0.1) is 0 Å². The SMILES string of the molecule is Clc1ccc2cccnc2c1Cn1cc(-c2ccccc2)cn1. The summed E-state index contributed by atoms with van der Waals surface area (Å²) < 4.78 is 1.90. The fourth-order valence-electron chi connectivity index (χ4n) is 2.72. The molecule has 2 heterocycles. The molecule has 4 rings (SSSR count). The molecule has 0 bridgehead atoms. The molecular weight excluding hydrogens is 306 g/mol. The molecule has 0 amide bonds. The third kappa shape index (κ3) is 2.71. The Morgan fingerprint density at radius 3 is 2.65 bits per heavy atom. The molecule has 3 nitrogen and oxygen atoms in total. The summed E-state index contributed by atoms with van der Waals surface area (Å²) in [5.74, 6) is 0. The summed E-state index contributed by atoms with van der Waals surface area (Å²) in [6.07, 6.45) is 5.70. The van der Waals surface area contributed by atoms with Gasteiger partial charge in [0.2, 0.25) is 0 Å². The van der Waals surface area contributed by atoms with Crippen molar-refractivity contribution in [2.45, 2.75) is 6.54 Å². The zero-order valence-corrected chi connectivity index (χ0v) is 13.1. The van der Waals surface area contributed by atoms with E-state index >= 15 is 0 Å². The van der Waals surface area contributed by atoms with E-state index in [0.717, 1.165) is 27.6 Å². The van der Waals surface area contributed by atoms with E-state index in [0.29, 0.717) is 11.6 Å². The summed E-state index contributed by atoms with van der Waals surface area (Å²) in [5, 5.41) is 6.27. The Morgan fingerprint density at radius 2 is 1.78 bits per heavy atom. The lowest BCUT2D eigenvalue weighted by Gasteiger charge is -2.08. The molecule has 0 atom stereocenters. The van der Waals surface area contributed by atoms with Gasteiger partial charge in [-0.2, -0.15) is 5.10 Å². The lowest BCUT2D eigenvalue weighted by Crippen LogP contribution is -2.02. The van der Waals surface area contributed by atoms with Crippen LogP contribution in [0.1, 0.15) is 5.56 Å². The summed E-state index contributed by atoms with van der Waals surface area (Å²) in [5.41, 5.74) is 4.17. The van der Waals surface area contributed by atoms with Crippen molar-refractivity contribution < 1.29 is 0 Å². The predicted octanol–water partition coefficient (Wildman–Crippen LogP) is 4.80. The number of benzene rings is 2. The molecule has 0 aliphatic rings. The maximum atomic E-state index is 6.40. The number of fused-ring (bicyclic) bond motifs is 1. The average molecular weight is 320 g/mol. The van der Waals surface area contributed by atoms with Crippen molar-refractivity contribution in [2.24, 2.45) is 0 Å². The van der Waals surface area contributed by atoms with Gasteiger partial charge in [0, 0.05) is 33.9 Å². The van der Waals surface area contributed by atoms with Crippen LogP contribution in [0.15, 0.2) is 73.2 Å². The van der Waals surface area contributed by atoms with E-state index in [9.17, 15) is 0 Å². The Kier molecular flexibility index (Phi) is 3.56. The van der Waals surface area contributed by atoms with Gasteiger partial charge in [0.25, 0.3) is 0 Å². The average Bonchev–Trinajstić information content (AvgIpc) is 3.07. The Hall–Kier alpha value is -2.65. The third-order valence-electron chi connectivity index (χ3n) is 3.88. The highest BCUT2D eigenvalue weighted by molar-refractivity contribution is 6.32. The fourth-order valence-corrected chi connectivity index (χ4v) is 2.94. The maximum absolute atomic E-state index is 6.40. The molecule has 0 aliphatic heterocycles. The van der Waals surface area contributed by atoms with Crippen LogP contribution in [-0.2, 0) is 6.54 Å². The Bertz CT molecular complexity index is 961. The van der Waals surface area contributed by atoms with E-state index in [1.165, 1.54) is 0 Å². The van der Waals surface area contributed by atoms with Gasteiger partial charge in [0.1, 0.15) is 0 Å². The second-order valence-corrected chi connectivity index (χ2v) is 5.80. The summed E-state index contributed by atoms with van der Waals surface area (Å²) in [7, 11) is 0. The largest absolute Gasteiger partial charge is 0.268 e. The molecule has 112 valence electrons. The summed E-state index contributed by atoms with van der Waals surface area (Å²) >= 11 is 6.40. The van der Waals surface area contributed by atoms with Crippen LogP contribution in [-0.4, -0.2) is 14.8 Å². The molecule has 4 aromatic rings. The van der Waals surface area contributed by atoms with E-state index in [4.69, 9.17) is 11.6 Å². The van der Waals surface area contributed by atoms with Crippen LogP contribution in [0.2, 0.25) is 5.02 Å². The first-order chi connectivity index (χ1) is 11.3. The number of halogens is 1. The number of aromatic nitrogens is 3. The van der Waals surface area contributed by atoms with Crippen molar-refractivity contribution in [1.29, 1.82) is 0 Å². The topological polar surface area (TPSA) is 30.7 Å². The highest BCUT2D eigenvalue weighted by atomic mass is 35.5. The molecule has 23 heavy (non-hydrogen) atoms. The van der Waals surface area contributed by atoms with Crippen molar-refractivity contribution in [3.05, 3.63) is 83.8 Å². The molecule has 4 heteroatoms. The molecular formula is C19H14ClN3. The van der Waals surface area contributed by atoms with Gasteiger partial charge in [-0.3, -0.25) is 9.67 Å². The highest BCUT2D eigenvalue weighted by Gasteiger charge is 2.09. The van der Waals surface area contributed by atoms with E-state index in [1.54, 1.807) is 6.20 Å². The molecule has 0 radical (unpaired) electrons. The van der Waals surface area contributed by atoms with Crippen molar-refractivity contribution in [1.82, 2.24) is 14.8 Å². The van der Waals surface area contributed by atoms with E-state index < -0.39 is 0 Å². The number of hydrogen-bond donors (Lipinski definition) is 0.